The predicted molar refractivity (Wildman–Crippen MR) is 160 cm³/mol. The van der Waals surface area contributed by atoms with E-state index < -0.39 is 11.9 Å². The molecule has 0 aliphatic heterocycles. The molecule has 0 amide bonds. The molecular formula is C32H49N2O10+. The van der Waals surface area contributed by atoms with Crippen LogP contribution in [0.3, 0.4) is 0 Å². The average Bonchev–Trinajstić information content (AvgIpc) is 3.38. The molecule has 12 heteroatoms. The van der Waals surface area contributed by atoms with Crippen LogP contribution < -0.4 is 15.7 Å². The molecule has 6 atom stereocenters. The van der Waals surface area contributed by atoms with E-state index in [1.54, 1.807) is 42.7 Å². The summed E-state index contributed by atoms with van der Waals surface area (Å²) >= 11 is 0. The highest BCUT2D eigenvalue weighted by Gasteiger charge is 2.40. The topological polar surface area (TPSA) is 166 Å². The lowest BCUT2D eigenvalue weighted by Crippen LogP contribution is -2.77. The number of nitrogens with two attached hydrogens (primary N) is 2. The lowest BCUT2D eigenvalue weighted by atomic mass is 9.83. The van der Waals surface area contributed by atoms with Gasteiger partial charge >= 0.3 is 5.97 Å². The number of aliphatic carboxylic acids is 2. The summed E-state index contributed by atoms with van der Waals surface area (Å²) in [7, 11) is 14.5. The summed E-state index contributed by atoms with van der Waals surface area (Å²) in [4.78, 5) is 18.0. The number of allylic oxidation sites excluding steroid dienone is 8. The summed E-state index contributed by atoms with van der Waals surface area (Å²) in [5, 5.41) is 20.6. The number of hydrogen-bond donors (Lipinski definition) is 3. The van der Waals surface area contributed by atoms with Gasteiger partial charge in [-0.1, -0.05) is 24.3 Å². The van der Waals surface area contributed by atoms with Gasteiger partial charge in [-0.15, -0.1) is 0 Å². The van der Waals surface area contributed by atoms with Crippen molar-refractivity contribution in [3.8, 4) is 0 Å². The SMILES string of the molecule is C[NH2+]C1=CC=CC2=C(C1)C(OC)C(OC)C(OC)C2.C[NH2+]C1=CC=CC2=C(C1)C(OC)C(OC)C(OC)C2.O=C([O-])C(=O)O. The van der Waals surface area contributed by atoms with Crippen molar-refractivity contribution >= 4 is 11.9 Å². The standard InChI is InChI=1S/2C15H23NO3.C2H2O4/c2*1-16-11-7-5-6-10-8-13(17-2)15(19-4)14(18-3)12(10)9-11;3-1(4)2(5)6/h2*5-7,13-16H,8-9H2,1-4H3;(H,3,4)(H,5,6)/p+1. The van der Waals surface area contributed by atoms with Gasteiger partial charge in [0.15, 0.2) is 5.97 Å². The van der Waals surface area contributed by atoms with E-state index in [-0.39, 0.29) is 36.6 Å². The summed E-state index contributed by atoms with van der Waals surface area (Å²) in [6.45, 7) is 0. The minimum absolute atomic E-state index is 0.0372. The summed E-state index contributed by atoms with van der Waals surface area (Å²) < 4.78 is 33.8. The lowest BCUT2D eigenvalue weighted by Gasteiger charge is -2.37. The number of ether oxygens (including phenoxy) is 6. The zero-order valence-electron chi connectivity index (χ0n) is 27.0. The van der Waals surface area contributed by atoms with Gasteiger partial charge in [0.05, 0.1) is 26.3 Å². The first-order chi connectivity index (χ1) is 21.1. The number of carboxylic acids is 2. The van der Waals surface area contributed by atoms with Crippen molar-refractivity contribution in [3.05, 3.63) is 70.1 Å². The Morgan fingerprint density at radius 1 is 0.705 bits per heavy atom. The summed E-state index contributed by atoms with van der Waals surface area (Å²) in [6.07, 6.45) is 16.4. The Hall–Kier alpha value is -2.94. The second-order valence-electron chi connectivity index (χ2n) is 10.5. The number of rotatable bonds is 8. The third-order valence-corrected chi connectivity index (χ3v) is 8.26. The smallest absolute Gasteiger partial charge is 0.351 e. The molecule has 4 aliphatic rings. The molecule has 0 saturated carbocycles. The Kier molecular flexibility index (Phi) is 15.9. The van der Waals surface area contributed by atoms with E-state index in [0.717, 1.165) is 25.7 Å². The highest BCUT2D eigenvalue weighted by atomic mass is 16.6. The van der Waals surface area contributed by atoms with Crippen LogP contribution >= 0.6 is 0 Å². The normalized spacial score (nSPS) is 27.7. The van der Waals surface area contributed by atoms with E-state index in [2.05, 4.69) is 61.2 Å². The Labute approximate surface area is 260 Å². The summed E-state index contributed by atoms with van der Waals surface area (Å²) in [6, 6.07) is 0. The first kappa shape index (κ1) is 37.2. The van der Waals surface area contributed by atoms with E-state index in [1.807, 2.05) is 0 Å². The number of carbonyl (C=O) groups is 2. The molecule has 0 bridgehead atoms. The van der Waals surface area contributed by atoms with E-state index in [0.29, 0.717) is 0 Å². The quantitative estimate of drug-likeness (QED) is 0.297. The maximum Gasteiger partial charge on any atom is 0.351 e. The van der Waals surface area contributed by atoms with Crippen LogP contribution in [0, 0.1) is 0 Å². The van der Waals surface area contributed by atoms with Crippen LogP contribution in [-0.2, 0) is 38.0 Å². The number of hydrogen-bond acceptors (Lipinski definition) is 9. The summed E-state index contributed by atoms with van der Waals surface area (Å²) in [5.41, 5.74) is 7.91. The van der Waals surface area contributed by atoms with E-state index in [1.165, 1.54) is 33.7 Å². The van der Waals surface area contributed by atoms with Gasteiger partial charge < -0.3 is 54.1 Å². The molecule has 4 aliphatic carbocycles. The van der Waals surface area contributed by atoms with E-state index >= 15 is 0 Å². The second-order valence-corrected chi connectivity index (χ2v) is 10.5. The molecule has 246 valence electrons. The van der Waals surface area contributed by atoms with E-state index in [9.17, 15) is 0 Å². The fraction of sp³-hybridized carbons (Fsp3) is 0.562. The van der Waals surface area contributed by atoms with Crippen molar-refractivity contribution in [2.75, 3.05) is 56.8 Å². The van der Waals surface area contributed by atoms with Crippen molar-refractivity contribution in [2.24, 2.45) is 0 Å². The van der Waals surface area contributed by atoms with Crippen LogP contribution in [0.2, 0.25) is 0 Å². The summed E-state index contributed by atoms with van der Waals surface area (Å²) in [5.74, 6) is -4.01. The highest BCUT2D eigenvalue weighted by molar-refractivity contribution is 6.26. The number of carbonyl (C=O) groups excluding carboxylic acids is 1. The molecule has 0 spiro atoms. The largest absolute Gasteiger partial charge is 0.539 e. The Morgan fingerprint density at radius 3 is 1.32 bits per heavy atom. The van der Waals surface area contributed by atoms with Gasteiger partial charge in [0.25, 0.3) is 0 Å². The molecule has 44 heavy (non-hydrogen) atoms. The molecule has 0 aromatic carbocycles. The van der Waals surface area contributed by atoms with E-state index in [4.69, 9.17) is 48.2 Å². The second kappa shape index (κ2) is 18.8. The highest BCUT2D eigenvalue weighted by Crippen LogP contribution is 2.36. The number of methoxy groups -OCH3 is 6. The molecular weight excluding hydrogens is 572 g/mol. The van der Waals surface area contributed by atoms with Crippen molar-refractivity contribution < 1.29 is 58.9 Å². The number of quaternary nitrogens is 2. The van der Waals surface area contributed by atoms with Crippen LogP contribution in [0.4, 0.5) is 0 Å². The van der Waals surface area contributed by atoms with Gasteiger partial charge in [-0.05, 0) is 34.4 Å². The predicted octanol–water partition coefficient (Wildman–Crippen LogP) is -0.642. The fourth-order valence-corrected chi connectivity index (χ4v) is 5.93. The molecule has 0 fully saturated rings. The van der Waals surface area contributed by atoms with Gasteiger partial charge in [-0.3, -0.25) is 0 Å². The minimum Gasteiger partial charge on any atom is -0.539 e. The monoisotopic (exact) mass is 621 g/mol. The van der Waals surface area contributed by atoms with Gasteiger partial charge in [0, 0.05) is 68.3 Å². The molecule has 5 N–H and O–H groups in total. The molecule has 0 aromatic heterocycles. The third-order valence-electron chi connectivity index (χ3n) is 8.26. The van der Waals surface area contributed by atoms with Crippen LogP contribution in [0.1, 0.15) is 25.7 Å². The van der Waals surface area contributed by atoms with Gasteiger partial charge in [0.2, 0.25) is 0 Å². The maximum atomic E-state index is 9.04. The molecule has 0 aromatic rings. The Morgan fingerprint density at radius 2 is 1.07 bits per heavy atom. The zero-order valence-corrected chi connectivity index (χ0v) is 27.0. The third kappa shape index (κ3) is 9.53. The van der Waals surface area contributed by atoms with Crippen molar-refractivity contribution in [2.45, 2.75) is 62.3 Å². The van der Waals surface area contributed by atoms with Crippen LogP contribution in [0.25, 0.3) is 0 Å². The minimum atomic E-state index is -2.07. The van der Waals surface area contributed by atoms with Gasteiger partial charge in [0.1, 0.15) is 35.8 Å². The molecule has 12 nitrogen and oxygen atoms in total. The average molecular weight is 622 g/mol. The van der Waals surface area contributed by atoms with Crippen LogP contribution in [0.5, 0.6) is 0 Å². The number of carboxylic acid groups (broad SMARTS) is 2. The van der Waals surface area contributed by atoms with Crippen molar-refractivity contribution in [3.63, 3.8) is 0 Å². The zero-order chi connectivity index (χ0) is 32.8. The van der Waals surface area contributed by atoms with Crippen LogP contribution in [-0.4, -0.2) is 110 Å². The maximum absolute atomic E-state index is 9.04. The Bertz CT molecular complexity index is 1080. The van der Waals surface area contributed by atoms with Gasteiger partial charge in [-0.25, -0.2) is 4.79 Å². The van der Waals surface area contributed by atoms with Crippen molar-refractivity contribution in [1.29, 1.82) is 0 Å². The first-order valence-corrected chi connectivity index (χ1v) is 14.5. The molecule has 4 rings (SSSR count). The van der Waals surface area contributed by atoms with Crippen LogP contribution in [0.15, 0.2) is 70.1 Å². The Balaban J connectivity index is 0.000000260. The fourth-order valence-electron chi connectivity index (χ4n) is 5.93. The first-order valence-electron chi connectivity index (χ1n) is 14.5. The molecule has 0 heterocycles. The lowest BCUT2D eigenvalue weighted by molar-refractivity contribution is -0.578. The molecule has 0 radical (unpaired) electrons. The van der Waals surface area contributed by atoms with Crippen molar-refractivity contribution in [1.82, 2.24) is 0 Å². The molecule has 6 unspecified atom stereocenters. The van der Waals surface area contributed by atoms with Gasteiger partial charge in [-0.2, -0.15) is 0 Å². The molecule has 0 saturated heterocycles.